The highest BCUT2D eigenvalue weighted by molar-refractivity contribution is 5.17. The Hall–Kier alpha value is -0.890. The topological polar surface area (TPSA) is 20.2 Å². The van der Waals surface area contributed by atoms with Crippen molar-refractivity contribution in [2.45, 2.75) is 25.9 Å². The van der Waals surface area contributed by atoms with Crippen LogP contribution in [0.4, 0.5) is 4.39 Å². The van der Waals surface area contributed by atoms with Crippen molar-refractivity contribution >= 4 is 0 Å². The third kappa shape index (κ3) is 2.62. The summed E-state index contributed by atoms with van der Waals surface area (Å²) in [6, 6.07) is 6.66. The Kier molecular flexibility index (Phi) is 3.23. The number of halogens is 1. The maximum atomic E-state index is 13.0. The first kappa shape index (κ1) is 9.20. The van der Waals surface area contributed by atoms with E-state index >= 15 is 0 Å². The summed E-state index contributed by atoms with van der Waals surface area (Å²) in [7, 11) is 0. The Labute approximate surface area is 71.9 Å². The molecule has 0 heterocycles. The Morgan fingerprint density at radius 2 is 2.08 bits per heavy atom. The van der Waals surface area contributed by atoms with E-state index in [1.165, 1.54) is 6.07 Å². The van der Waals surface area contributed by atoms with Crippen LogP contribution >= 0.6 is 0 Å². The van der Waals surface area contributed by atoms with Crippen molar-refractivity contribution in [2.75, 3.05) is 0 Å². The SMILES string of the molecule is CC(O)CCc1ccccc1F. The molecule has 0 amide bonds. The number of aryl methyl sites for hydroxylation is 1. The van der Waals surface area contributed by atoms with Crippen LogP contribution in [0.15, 0.2) is 24.3 Å². The van der Waals surface area contributed by atoms with Gasteiger partial charge in [-0.1, -0.05) is 18.2 Å². The number of rotatable bonds is 3. The normalized spacial score (nSPS) is 12.9. The zero-order valence-corrected chi connectivity index (χ0v) is 7.13. The largest absolute Gasteiger partial charge is 0.393 e. The van der Waals surface area contributed by atoms with Crippen LogP contribution in [-0.4, -0.2) is 11.2 Å². The monoisotopic (exact) mass is 168 g/mol. The Balaban J connectivity index is 2.57. The van der Waals surface area contributed by atoms with Gasteiger partial charge in [-0.05, 0) is 31.4 Å². The standard InChI is InChI=1S/C10H13FO/c1-8(12)6-7-9-4-2-3-5-10(9)11/h2-5,8,12H,6-7H2,1H3. The molecule has 1 unspecified atom stereocenters. The van der Waals surface area contributed by atoms with E-state index in [0.717, 1.165) is 0 Å². The van der Waals surface area contributed by atoms with E-state index in [2.05, 4.69) is 0 Å². The van der Waals surface area contributed by atoms with E-state index in [0.29, 0.717) is 18.4 Å². The van der Waals surface area contributed by atoms with E-state index < -0.39 is 0 Å². The third-order valence-electron chi connectivity index (χ3n) is 1.79. The highest BCUT2D eigenvalue weighted by Gasteiger charge is 2.01. The van der Waals surface area contributed by atoms with Crippen LogP contribution < -0.4 is 0 Å². The van der Waals surface area contributed by atoms with Crippen LogP contribution in [0, 0.1) is 5.82 Å². The van der Waals surface area contributed by atoms with Gasteiger partial charge in [-0.25, -0.2) is 4.39 Å². The summed E-state index contributed by atoms with van der Waals surface area (Å²) in [5.41, 5.74) is 0.679. The minimum Gasteiger partial charge on any atom is -0.393 e. The molecule has 1 aromatic rings. The van der Waals surface area contributed by atoms with Crippen molar-refractivity contribution in [3.63, 3.8) is 0 Å². The van der Waals surface area contributed by atoms with Gasteiger partial charge in [0.25, 0.3) is 0 Å². The lowest BCUT2D eigenvalue weighted by atomic mass is 10.1. The summed E-state index contributed by atoms with van der Waals surface area (Å²) in [5, 5.41) is 8.98. The maximum absolute atomic E-state index is 13.0. The quantitative estimate of drug-likeness (QED) is 0.733. The van der Waals surface area contributed by atoms with Crippen LogP contribution in [0.3, 0.4) is 0 Å². The van der Waals surface area contributed by atoms with Crippen LogP contribution in [-0.2, 0) is 6.42 Å². The lowest BCUT2D eigenvalue weighted by molar-refractivity contribution is 0.184. The molecule has 1 aromatic carbocycles. The molecule has 0 fully saturated rings. The van der Waals surface area contributed by atoms with Gasteiger partial charge < -0.3 is 5.11 Å². The first-order valence-electron chi connectivity index (χ1n) is 4.11. The first-order chi connectivity index (χ1) is 5.70. The zero-order valence-electron chi connectivity index (χ0n) is 7.13. The van der Waals surface area contributed by atoms with Gasteiger partial charge >= 0.3 is 0 Å². The third-order valence-corrected chi connectivity index (χ3v) is 1.79. The van der Waals surface area contributed by atoms with Gasteiger partial charge in [-0.15, -0.1) is 0 Å². The van der Waals surface area contributed by atoms with E-state index in [1.807, 2.05) is 0 Å². The predicted octanol–water partition coefficient (Wildman–Crippen LogP) is 2.14. The number of hydrogen-bond acceptors (Lipinski definition) is 1. The summed E-state index contributed by atoms with van der Waals surface area (Å²) in [6.45, 7) is 1.71. The van der Waals surface area contributed by atoms with Crippen LogP contribution in [0.2, 0.25) is 0 Å². The number of hydrogen-bond donors (Lipinski definition) is 1. The molecule has 0 aliphatic heterocycles. The molecule has 0 radical (unpaired) electrons. The molecule has 66 valence electrons. The molecule has 0 aromatic heterocycles. The summed E-state index contributed by atoms with van der Waals surface area (Å²) < 4.78 is 13.0. The maximum Gasteiger partial charge on any atom is 0.126 e. The average molecular weight is 168 g/mol. The van der Waals surface area contributed by atoms with Crippen molar-refractivity contribution in [2.24, 2.45) is 0 Å². The predicted molar refractivity (Wildman–Crippen MR) is 46.4 cm³/mol. The van der Waals surface area contributed by atoms with Crippen LogP contribution in [0.1, 0.15) is 18.9 Å². The number of aliphatic hydroxyl groups excluding tert-OH is 1. The summed E-state index contributed by atoms with van der Waals surface area (Å²) in [4.78, 5) is 0. The van der Waals surface area contributed by atoms with Crippen molar-refractivity contribution < 1.29 is 9.50 Å². The van der Waals surface area contributed by atoms with Crippen molar-refractivity contribution in [3.8, 4) is 0 Å². The minimum absolute atomic E-state index is 0.182. The van der Waals surface area contributed by atoms with Crippen molar-refractivity contribution in [3.05, 3.63) is 35.6 Å². The van der Waals surface area contributed by atoms with Crippen molar-refractivity contribution in [1.29, 1.82) is 0 Å². The lowest BCUT2D eigenvalue weighted by Crippen LogP contribution is -2.02. The molecule has 1 rings (SSSR count). The molecule has 0 saturated heterocycles. The zero-order chi connectivity index (χ0) is 8.97. The highest BCUT2D eigenvalue weighted by Crippen LogP contribution is 2.09. The molecular formula is C10H13FO. The second kappa shape index (κ2) is 4.21. The van der Waals surface area contributed by atoms with Gasteiger partial charge in [0.05, 0.1) is 6.10 Å². The molecular weight excluding hydrogens is 155 g/mol. The van der Waals surface area contributed by atoms with Gasteiger partial charge in [-0.2, -0.15) is 0 Å². The minimum atomic E-state index is -0.357. The van der Waals surface area contributed by atoms with Crippen molar-refractivity contribution in [1.82, 2.24) is 0 Å². The van der Waals surface area contributed by atoms with Gasteiger partial charge in [0.1, 0.15) is 5.82 Å². The Morgan fingerprint density at radius 3 is 2.67 bits per heavy atom. The van der Waals surface area contributed by atoms with E-state index in [-0.39, 0.29) is 11.9 Å². The molecule has 0 spiro atoms. The van der Waals surface area contributed by atoms with E-state index in [4.69, 9.17) is 5.11 Å². The number of aliphatic hydroxyl groups is 1. The van der Waals surface area contributed by atoms with E-state index in [1.54, 1.807) is 25.1 Å². The molecule has 1 atom stereocenters. The first-order valence-corrected chi connectivity index (χ1v) is 4.11. The summed E-state index contributed by atoms with van der Waals surface area (Å²) in [6.07, 6.45) is 0.857. The summed E-state index contributed by atoms with van der Waals surface area (Å²) >= 11 is 0. The fourth-order valence-electron chi connectivity index (χ4n) is 1.07. The van der Waals surface area contributed by atoms with Gasteiger partial charge in [-0.3, -0.25) is 0 Å². The fourth-order valence-corrected chi connectivity index (χ4v) is 1.07. The number of benzene rings is 1. The molecule has 1 N–H and O–H groups in total. The smallest absolute Gasteiger partial charge is 0.126 e. The van der Waals surface area contributed by atoms with Gasteiger partial charge in [0.2, 0.25) is 0 Å². The Bertz CT molecular complexity index is 245. The molecule has 0 aliphatic rings. The lowest BCUT2D eigenvalue weighted by Gasteiger charge is -2.04. The second-order valence-corrected chi connectivity index (χ2v) is 2.98. The van der Waals surface area contributed by atoms with Crippen LogP contribution in [0.25, 0.3) is 0 Å². The summed E-state index contributed by atoms with van der Waals surface area (Å²) in [5.74, 6) is -0.182. The van der Waals surface area contributed by atoms with E-state index in [9.17, 15) is 4.39 Å². The second-order valence-electron chi connectivity index (χ2n) is 2.98. The highest BCUT2D eigenvalue weighted by atomic mass is 19.1. The fraction of sp³-hybridized carbons (Fsp3) is 0.400. The molecule has 0 aliphatic carbocycles. The van der Waals surface area contributed by atoms with Crippen LogP contribution in [0.5, 0.6) is 0 Å². The molecule has 0 bridgehead atoms. The van der Waals surface area contributed by atoms with Gasteiger partial charge in [0.15, 0.2) is 0 Å². The Morgan fingerprint density at radius 1 is 1.42 bits per heavy atom. The molecule has 12 heavy (non-hydrogen) atoms. The average Bonchev–Trinajstić information content (AvgIpc) is 2.03. The van der Waals surface area contributed by atoms with Gasteiger partial charge in [0, 0.05) is 0 Å². The molecule has 1 nitrogen and oxygen atoms in total. The molecule has 0 saturated carbocycles. The molecule has 2 heteroatoms.